The van der Waals surface area contributed by atoms with Crippen LogP contribution in [0.25, 0.3) is 0 Å². The molecule has 2 aliphatic rings. The van der Waals surface area contributed by atoms with Crippen LogP contribution in [0, 0.1) is 23.0 Å². The number of anilines is 2. The largest absolute Gasteiger partial charge is 0.366 e. The zero-order valence-corrected chi connectivity index (χ0v) is 17.3. The van der Waals surface area contributed by atoms with Crippen molar-refractivity contribution in [3.63, 3.8) is 0 Å². The van der Waals surface area contributed by atoms with Gasteiger partial charge in [-0.3, -0.25) is 19.7 Å². The Morgan fingerprint density at radius 1 is 1.13 bits per heavy atom. The van der Waals surface area contributed by atoms with E-state index < -0.39 is 4.92 Å². The molecule has 1 aromatic carbocycles. The number of amides is 2. The van der Waals surface area contributed by atoms with Gasteiger partial charge in [0.05, 0.1) is 4.92 Å². The molecule has 0 atom stereocenters. The monoisotopic (exact) mass is 423 g/mol. The van der Waals surface area contributed by atoms with Crippen molar-refractivity contribution in [3.05, 3.63) is 57.8 Å². The summed E-state index contributed by atoms with van der Waals surface area (Å²) in [5.74, 6) is -0.0130. The molecular formula is C22H25N5O4. The fourth-order valence-electron chi connectivity index (χ4n) is 3.79. The van der Waals surface area contributed by atoms with Crippen LogP contribution in [0.2, 0.25) is 0 Å². The first kappa shape index (κ1) is 20.8. The number of carbonyl (C=O) groups excluding carboxylic acids is 2. The summed E-state index contributed by atoms with van der Waals surface area (Å²) in [5, 5.41) is 17.4. The first-order chi connectivity index (χ1) is 14.9. The van der Waals surface area contributed by atoms with E-state index in [0.29, 0.717) is 43.0 Å². The number of pyridine rings is 1. The van der Waals surface area contributed by atoms with E-state index in [9.17, 15) is 19.7 Å². The molecule has 0 spiro atoms. The van der Waals surface area contributed by atoms with E-state index in [1.165, 1.54) is 6.07 Å². The van der Waals surface area contributed by atoms with Gasteiger partial charge in [-0.25, -0.2) is 4.98 Å². The van der Waals surface area contributed by atoms with E-state index in [4.69, 9.17) is 0 Å². The first-order valence-corrected chi connectivity index (χ1v) is 10.5. The molecule has 2 amide bonds. The fourth-order valence-corrected chi connectivity index (χ4v) is 3.79. The normalized spacial score (nSPS) is 16.6. The molecule has 4 rings (SSSR count). The number of carbonyl (C=O) groups is 2. The molecule has 1 aliphatic heterocycles. The van der Waals surface area contributed by atoms with Crippen LogP contribution in [0.1, 0.15) is 41.6 Å². The molecule has 1 saturated heterocycles. The average Bonchev–Trinajstić information content (AvgIpc) is 3.57. The minimum absolute atomic E-state index is 0.0839. The highest BCUT2D eigenvalue weighted by molar-refractivity contribution is 5.96. The SMILES string of the molecule is Cc1ccnc(NC(=O)C2CCN(c3ccc(C(=O)NC4CC4)cc3[N+](=O)[O-])CC2)c1. The molecule has 0 bridgehead atoms. The number of nitro benzene ring substituents is 1. The zero-order valence-electron chi connectivity index (χ0n) is 17.3. The summed E-state index contributed by atoms with van der Waals surface area (Å²) in [6.07, 6.45) is 4.72. The molecule has 31 heavy (non-hydrogen) atoms. The second-order valence-electron chi connectivity index (χ2n) is 8.18. The van der Waals surface area contributed by atoms with E-state index in [1.54, 1.807) is 18.3 Å². The molecule has 162 valence electrons. The highest BCUT2D eigenvalue weighted by Gasteiger charge is 2.30. The molecular weight excluding hydrogens is 398 g/mol. The first-order valence-electron chi connectivity index (χ1n) is 10.5. The van der Waals surface area contributed by atoms with E-state index in [-0.39, 0.29) is 29.5 Å². The molecule has 2 fully saturated rings. The Hall–Kier alpha value is -3.49. The summed E-state index contributed by atoms with van der Waals surface area (Å²) in [6.45, 7) is 2.98. The van der Waals surface area contributed by atoms with E-state index in [0.717, 1.165) is 18.4 Å². The number of nitrogens with one attached hydrogen (secondary N) is 2. The molecule has 1 saturated carbocycles. The van der Waals surface area contributed by atoms with Crippen molar-refractivity contribution in [2.24, 2.45) is 5.92 Å². The van der Waals surface area contributed by atoms with E-state index in [2.05, 4.69) is 15.6 Å². The smallest absolute Gasteiger partial charge is 0.293 e. The molecule has 1 aliphatic carbocycles. The Balaban J connectivity index is 1.41. The lowest BCUT2D eigenvalue weighted by atomic mass is 9.95. The van der Waals surface area contributed by atoms with Crippen molar-refractivity contribution in [1.29, 1.82) is 0 Å². The fraction of sp³-hybridized carbons (Fsp3) is 0.409. The zero-order chi connectivity index (χ0) is 22.0. The van der Waals surface area contributed by atoms with Crippen LogP contribution in [-0.2, 0) is 4.79 Å². The highest BCUT2D eigenvalue weighted by Crippen LogP contribution is 2.33. The minimum Gasteiger partial charge on any atom is -0.366 e. The van der Waals surface area contributed by atoms with Crippen LogP contribution < -0.4 is 15.5 Å². The third-order valence-electron chi connectivity index (χ3n) is 5.72. The maximum Gasteiger partial charge on any atom is 0.293 e. The molecule has 0 unspecified atom stereocenters. The van der Waals surface area contributed by atoms with Crippen molar-refractivity contribution in [3.8, 4) is 0 Å². The number of benzene rings is 1. The van der Waals surface area contributed by atoms with Crippen LogP contribution in [0.15, 0.2) is 36.5 Å². The maximum atomic E-state index is 12.6. The summed E-state index contributed by atoms with van der Waals surface area (Å²) in [5.41, 5.74) is 1.70. The Morgan fingerprint density at radius 3 is 2.52 bits per heavy atom. The Morgan fingerprint density at radius 2 is 1.87 bits per heavy atom. The summed E-state index contributed by atoms with van der Waals surface area (Å²) in [7, 11) is 0. The maximum absolute atomic E-state index is 12.6. The average molecular weight is 423 g/mol. The van der Waals surface area contributed by atoms with E-state index >= 15 is 0 Å². The van der Waals surface area contributed by atoms with Gasteiger partial charge in [-0.1, -0.05) is 0 Å². The number of nitrogens with zero attached hydrogens (tertiary/aromatic N) is 3. The second-order valence-corrected chi connectivity index (χ2v) is 8.18. The van der Waals surface area contributed by atoms with Gasteiger partial charge in [0.1, 0.15) is 11.5 Å². The lowest BCUT2D eigenvalue weighted by Gasteiger charge is -2.32. The number of hydrogen-bond acceptors (Lipinski definition) is 6. The highest BCUT2D eigenvalue weighted by atomic mass is 16.6. The van der Waals surface area contributed by atoms with Gasteiger partial charge in [0, 0.05) is 42.9 Å². The molecule has 9 heteroatoms. The lowest BCUT2D eigenvalue weighted by molar-refractivity contribution is -0.384. The van der Waals surface area contributed by atoms with Crippen LogP contribution in [0.3, 0.4) is 0 Å². The summed E-state index contributed by atoms with van der Waals surface area (Å²) in [4.78, 5) is 42.1. The lowest BCUT2D eigenvalue weighted by Crippen LogP contribution is -2.38. The van der Waals surface area contributed by atoms with E-state index in [1.807, 2.05) is 24.0 Å². The van der Waals surface area contributed by atoms with Crippen molar-refractivity contribution < 1.29 is 14.5 Å². The van der Waals surface area contributed by atoms with Gasteiger partial charge in [-0.05, 0) is 62.4 Å². The molecule has 1 aromatic heterocycles. The Kier molecular flexibility index (Phi) is 5.83. The Labute approximate surface area is 180 Å². The molecule has 9 nitrogen and oxygen atoms in total. The summed E-state index contributed by atoms with van der Waals surface area (Å²) in [6, 6.07) is 8.47. The topological polar surface area (TPSA) is 117 Å². The Bertz CT molecular complexity index is 1010. The quantitative estimate of drug-likeness (QED) is 0.545. The standard InChI is InChI=1S/C22H25N5O4/c1-14-6-9-23-20(12-14)25-21(28)15-7-10-26(11-8-15)18-5-2-16(13-19(18)27(30)31)22(29)24-17-3-4-17/h2,5-6,9,12-13,15,17H,3-4,7-8,10-11H2,1H3,(H,24,29)(H,23,25,28). The predicted octanol–water partition coefficient (Wildman–Crippen LogP) is 3.05. The van der Waals surface area contributed by atoms with Gasteiger partial charge in [-0.15, -0.1) is 0 Å². The number of hydrogen-bond donors (Lipinski definition) is 2. The number of nitro groups is 1. The van der Waals surface area contributed by atoms with Gasteiger partial charge in [0.15, 0.2) is 0 Å². The summed E-state index contributed by atoms with van der Waals surface area (Å²) < 4.78 is 0. The van der Waals surface area contributed by atoms with Crippen molar-refractivity contribution >= 4 is 29.0 Å². The van der Waals surface area contributed by atoms with Gasteiger partial charge in [0.25, 0.3) is 11.6 Å². The molecule has 0 radical (unpaired) electrons. The third-order valence-corrected chi connectivity index (χ3v) is 5.72. The van der Waals surface area contributed by atoms with Crippen LogP contribution in [0.4, 0.5) is 17.2 Å². The van der Waals surface area contributed by atoms with Crippen LogP contribution >= 0.6 is 0 Å². The molecule has 2 aromatic rings. The van der Waals surface area contributed by atoms with Crippen molar-refractivity contribution in [1.82, 2.24) is 10.3 Å². The third kappa shape index (κ3) is 4.99. The van der Waals surface area contributed by atoms with Gasteiger partial charge in [0.2, 0.25) is 5.91 Å². The van der Waals surface area contributed by atoms with Gasteiger partial charge < -0.3 is 15.5 Å². The number of aromatic nitrogens is 1. The molecule has 2 N–H and O–H groups in total. The summed E-state index contributed by atoms with van der Waals surface area (Å²) >= 11 is 0. The van der Waals surface area contributed by atoms with Crippen LogP contribution in [-0.4, -0.2) is 40.9 Å². The number of piperidine rings is 1. The number of rotatable bonds is 6. The van der Waals surface area contributed by atoms with Crippen molar-refractivity contribution in [2.75, 3.05) is 23.3 Å². The van der Waals surface area contributed by atoms with Crippen molar-refractivity contribution in [2.45, 2.75) is 38.6 Å². The van der Waals surface area contributed by atoms with Gasteiger partial charge in [-0.2, -0.15) is 0 Å². The minimum atomic E-state index is -0.453. The predicted molar refractivity (Wildman–Crippen MR) is 116 cm³/mol. The van der Waals surface area contributed by atoms with Crippen LogP contribution in [0.5, 0.6) is 0 Å². The number of aryl methyl sites for hydroxylation is 1. The second kappa shape index (κ2) is 8.71. The molecule has 2 heterocycles. The van der Waals surface area contributed by atoms with Gasteiger partial charge >= 0.3 is 0 Å².